The van der Waals surface area contributed by atoms with Gasteiger partial charge in [0.05, 0.1) is 0 Å². The third kappa shape index (κ3) is 5.87. The summed E-state index contributed by atoms with van der Waals surface area (Å²) in [6.07, 6.45) is 3.15. The van der Waals surface area contributed by atoms with E-state index in [0.29, 0.717) is 0 Å². The van der Waals surface area contributed by atoms with E-state index in [1.165, 1.54) is 0 Å². The lowest BCUT2D eigenvalue weighted by Crippen LogP contribution is -2.28. The molecule has 0 unspecified atom stereocenters. The highest BCUT2D eigenvalue weighted by Gasteiger charge is 2.09. The van der Waals surface area contributed by atoms with Crippen molar-refractivity contribution in [1.82, 2.24) is 14.9 Å². The van der Waals surface area contributed by atoms with Crippen molar-refractivity contribution in [3.63, 3.8) is 0 Å². The van der Waals surface area contributed by atoms with Crippen LogP contribution in [0.5, 0.6) is 0 Å². The fourth-order valence-corrected chi connectivity index (χ4v) is 2.37. The fourth-order valence-electron chi connectivity index (χ4n) is 1.96. The van der Waals surface area contributed by atoms with Crippen LogP contribution in [-0.4, -0.2) is 48.6 Å². The Morgan fingerprint density at radius 2 is 1.89 bits per heavy atom. The van der Waals surface area contributed by atoms with Gasteiger partial charge in [0.2, 0.25) is 0 Å². The Bertz CT molecular complexity index is 382. The average Bonchev–Trinajstić information content (AvgIpc) is 2.34. The van der Waals surface area contributed by atoms with Crippen molar-refractivity contribution in [1.29, 1.82) is 0 Å². The first-order chi connectivity index (χ1) is 9.06. The molecule has 0 aromatic carbocycles. The largest absolute Gasteiger partial charge is 0.357 e. The monoisotopic (exact) mass is 328 g/mol. The quantitative estimate of drug-likeness (QED) is 0.687. The number of hydrogen-bond acceptors (Lipinski definition) is 4. The summed E-state index contributed by atoms with van der Waals surface area (Å²) in [6, 6.07) is 2.01. The van der Waals surface area contributed by atoms with Gasteiger partial charge in [-0.15, -0.1) is 0 Å². The molecule has 108 valence electrons. The van der Waals surface area contributed by atoms with Crippen molar-refractivity contribution in [2.75, 3.05) is 38.6 Å². The van der Waals surface area contributed by atoms with E-state index >= 15 is 0 Å². The molecule has 0 saturated heterocycles. The Morgan fingerprint density at radius 1 is 1.16 bits per heavy atom. The molecule has 0 amide bonds. The average molecular weight is 329 g/mol. The third-order valence-corrected chi connectivity index (χ3v) is 3.35. The van der Waals surface area contributed by atoms with Crippen LogP contribution in [0.1, 0.15) is 32.5 Å². The maximum Gasteiger partial charge on any atom is 0.133 e. The van der Waals surface area contributed by atoms with Crippen LogP contribution in [0.2, 0.25) is 0 Å². The predicted octanol–water partition coefficient (Wildman–Crippen LogP) is 2.97. The molecule has 1 rings (SSSR count). The number of anilines is 1. The molecule has 0 atom stereocenters. The van der Waals surface area contributed by atoms with E-state index in [9.17, 15) is 0 Å². The minimum Gasteiger partial charge on any atom is -0.357 e. The van der Waals surface area contributed by atoms with E-state index in [1.807, 2.05) is 6.07 Å². The van der Waals surface area contributed by atoms with Crippen LogP contribution >= 0.6 is 15.9 Å². The van der Waals surface area contributed by atoms with Crippen LogP contribution in [0.4, 0.5) is 5.82 Å². The van der Waals surface area contributed by atoms with Crippen molar-refractivity contribution < 1.29 is 0 Å². The molecular weight excluding hydrogens is 304 g/mol. The lowest BCUT2D eigenvalue weighted by molar-refractivity contribution is 0.400. The Balaban J connectivity index is 2.73. The fraction of sp³-hybridized carbons (Fsp3) is 0.714. The predicted molar refractivity (Wildman–Crippen MR) is 84.8 cm³/mol. The second-order valence-corrected chi connectivity index (χ2v) is 5.76. The first-order valence-corrected chi connectivity index (χ1v) is 7.79. The van der Waals surface area contributed by atoms with E-state index < -0.39 is 0 Å². The standard InChI is InChI=1S/C14H25BrN4/c1-5-8-13-16-12(15)11-14(17-13)19(6-2)10-7-9-18(3)4/h11H,5-10H2,1-4H3. The van der Waals surface area contributed by atoms with Crippen LogP contribution in [0.3, 0.4) is 0 Å². The van der Waals surface area contributed by atoms with Gasteiger partial charge in [-0.1, -0.05) is 6.92 Å². The second kappa shape index (κ2) is 8.48. The van der Waals surface area contributed by atoms with Crippen LogP contribution in [-0.2, 0) is 6.42 Å². The van der Waals surface area contributed by atoms with Crippen LogP contribution in [0.15, 0.2) is 10.7 Å². The van der Waals surface area contributed by atoms with Gasteiger partial charge in [0.1, 0.15) is 16.2 Å². The summed E-state index contributed by atoms with van der Waals surface area (Å²) in [6.45, 7) is 7.43. The lowest BCUT2D eigenvalue weighted by atomic mass is 10.3. The van der Waals surface area contributed by atoms with E-state index in [4.69, 9.17) is 0 Å². The summed E-state index contributed by atoms with van der Waals surface area (Å²) in [5.74, 6) is 1.96. The zero-order valence-corrected chi connectivity index (χ0v) is 14.1. The summed E-state index contributed by atoms with van der Waals surface area (Å²) < 4.78 is 0.881. The molecular formula is C14H25BrN4. The minimum atomic E-state index is 0.881. The van der Waals surface area contributed by atoms with Crippen molar-refractivity contribution in [3.8, 4) is 0 Å². The molecule has 19 heavy (non-hydrogen) atoms. The third-order valence-electron chi connectivity index (χ3n) is 2.94. The maximum atomic E-state index is 4.66. The number of aryl methyl sites for hydroxylation is 1. The normalized spacial score (nSPS) is 11.1. The van der Waals surface area contributed by atoms with E-state index in [-0.39, 0.29) is 0 Å². The molecule has 4 nitrogen and oxygen atoms in total. The molecule has 0 bridgehead atoms. The highest BCUT2D eigenvalue weighted by molar-refractivity contribution is 9.10. The first kappa shape index (κ1) is 16.4. The Labute approximate surface area is 125 Å². The summed E-state index contributed by atoms with van der Waals surface area (Å²) in [5.41, 5.74) is 0. The Kier molecular flexibility index (Phi) is 7.31. The highest BCUT2D eigenvalue weighted by Crippen LogP contribution is 2.17. The number of nitrogens with zero attached hydrogens (tertiary/aromatic N) is 4. The molecule has 0 fully saturated rings. The summed E-state index contributed by atoms with van der Waals surface area (Å²) in [7, 11) is 4.22. The summed E-state index contributed by atoms with van der Waals surface area (Å²) in [5, 5.41) is 0. The maximum absolute atomic E-state index is 4.66. The molecule has 0 N–H and O–H groups in total. The SMILES string of the molecule is CCCc1nc(Br)cc(N(CC)CCCN(C)C)n1. The smallest absolute Gasteiger partial charge is 0.133 e. The zero-order chi connectivity index (χ0) is 14.3. The number of halogens is 1. The van der Waals surface area contributed by atoms with Gasteiger partial charge in [-0.2, -0.15) is 0 Å². The topological polar surface area (TPSA) is 32.3 Å². The molecule has 0 aliphatic carbocycles. The van der Waals surface area contributed by atoms with Crippen LogP contribution < -0.4 is 4.90 Å². The first-order valence-electron chi connectivity index (χ1n) is 7.00. The number of hydrogen-bond donors (Lipinski definition) is 0. The Hall–Kier alpha value is -0.680. The molecule has 1 aromatic rings. The molecule has 0 saturated carbocycles. The number of aromatic nitrogens is 2. The van der Waals surface area contributed by atoms with Gasteiger partial charge in [-0.05, 0) is 56.3 Å². The van der Waals surface area contributed by atoms with E-state index in [1.54, 1.807) is 0 Å². The van der Waals surface area contributed by atoms with Crippen LogP contribution in [0.25, 0.3) is 0 Å². The lowest BCUT2D eigenvalue weighted by Gasteiger charge is -2.23. The van der Waals surface area contributed by atoms with Crippen molar-refractivity contribution in [3.05, 3.63) is 16.5 Å². The van der Waals surface area contributed by atoms with Gasteiger partial charge < -0.3 is 9.80 Å². The number of rotatable bonds is 8. The van der Waals surface area contributed by atoms with Gasteiger partial charge >= 0.3 is 0 Å². The molecule has 1 aromatic heterocycles. The molecule has 0 aliphatic rings. The van der Waals surface area contributed by atoms with Gasteiger partial charge in [0, 0.05) is 25.6 Å². The van der Waals surface area contributed by atoms with E-state index in [0.717, 1.165) is 55.1 Å². The van der Waals surface area contributed by atoms with Gasteiger partial charge in [0.25, 0.3) is 0 Å². The van der Waals surface area contributed by atoms with Crippen molar-refractivity contribution in [2.24, 2.45) is 0 Å². The van der Waals surface area contributed by atoms with Crippen molar-refractivity contribution in [2.45, 2.75) is 33.1 Å². The Morgan fingerprint density at radius 3 is 2.47 bits per heavy atom. The van der Waals surface area contributed by atoms with Gasteiger partial charge in [-0.3, -0.25) is 0 Å². The molecule has 0 spiro atoms. The van der Waals surface area contributed by atoms with Crippen LogP contribution in [0, 0.1) is 0 Å². The molecule has 1 heterocycles. The summed E-state index contributed by atoms with van der Waals surface area (Å²) in [4.78, 5) is 13.6. The van der Waals surface area contributed by atoms with Gasteiger partial charge in [-0.25, -0.2) is 9.97 Å². The highest BCUT2D eigenvalue weighted by atomic mass is 79.9. The second-order valence-electron chi connectivity index (χ2n) is 4.95. The molecule has 5 heteroatoms. The molecule has 0 aliphatic heterocycles. The van der Waals surface area contributed by atoms with E-state index in [2.05, 4.69) is 63.6 Å². The van der Waals surface area contributed by atoms with Gasteiger partial charge in [0.15, 0.2) is 0 Å². The van der Waals surface area contributed by atoms with Crippen molar-refractivity contribution >= 4 is 21.7 Å². The minimum absolute atomic E-state index is 0.881. The zero-order valence-electron chi connectivity index (χ0n) is 12.5. The molecule has 0 radical (unpaired) electrons. The summed E-state index contributed by atoms with van der Waals surface area (Å²) >= 11 is 3.49.